The lowest BCUT2D eigenvalue weighted by atomic mass is 10.1. The Labute approximate surface area is 130 Å². The van der Waals surface area contributed by atoms with Gasteiger partial charge in [0.15, 0.2) is 9.84 Å². The third-order valence-electron chi connectivity index (χ3n) is 3.37. The van der Waals surface area contributed by atoms with Gasteiger partial charge in [0.05, 0.1) is 11.5 Å². The molecule has 0 saturated carbocycles. The van der Waals surface area contributed by atoms with E-state index in [4.69, 9.17) is 17.3 Å². The van der Waals surface area contributed by atoms with Gasteiger partial charge < -0.3 is 5.73 Å². The van der Waals surface area contributed by atoms with E-state index in [0.717, 1.165) is 16.7 Å². The van der Waals surface area contributed by atoms with Gasteiger partial charge >= 0.3 is 0 Å². The number of sulfone groups is 1. The number of halogens is 1. The zero-order chi connectivity index (χ0) is 15.5. The summed E-state index contributed by atoms with van der Waals surface area (Å²) in [6.45, 7) is 2.30. The van der Waals surface area contributed by atoms with Crippen LogP contribution in [-0.2, 0) is 27.9 Å². The van der Waals surface area contributed by atoms with Gasteiger partial charge in [-0.25, -0.2) is 8.42 Å². The predicted octanol–water partition coefficient (Wildman–Crippen LogP) is 3.22. The molecule has 2 aromatic rings. The molecular weight excluding hydrogens is 306 g/mol. The van der Waals surface area contributed by atoms with Crippen molar-refractivity contribution in [3.05, 3.63) is 69.7 Å². The highest BCUT2D eigenvalue weighted by molar-refractivity contribution is 7.89. The summed E-state index contributed by atoms with van der Waals surface area (Å²) in [6, 6.07) is 12.8. The van der Waals surface area contributed by atoms with Crippen molar-refractivity contribution in [2.45, 2.75) is 25.0 Å². The van der Waals surface area contributed by atoms with Crippen LogP contribution in [0, 0.1) is 6.92 Å². The molecule has 0 aliphatic carbocycles. The third-order valence-corrected chi connectivity index (χ3v) is 5.22. The Morgan fingerprint density at radius 3 is 2.33 bits per heavy atom. The van der Waals surface area contributed by atoms with Gasteiger partial charge in [-0.1, -0.05) is 48.0 Å². The molecule has 0 aliphatic heterocycles. The molecule has 0 aliphatic rings. The van der Waals surface area contributed by atoms with Crippen LogP contribution in [0.25, 0.3) is 0 Å². The van der Waals surface area contributed by atoms with Gasteiger partial charge in [0, 0.05) is 11.6 Å². The highest BCUT2D eigenvalue weighted by atomic mass is 35.5. The second-order valence-electron chi connectivity index (χ2n) is 5.09. The second kappa shape index (κ2) is 6.60. The first kappa shape index (κ1) is 16.0. The van der Waals surface area contributed by atoms with Crippen LogP contribution < -0.4 is 5.73 Å². The van der Waals surface area contributed by atoms with E-state index in [1.54, 1.807) is 12.1 Å². The topological polar surface area (TPSA) is 60.2 Å². The smallest absolute Gasteiger partial charge is 0.158 e. The van der Waals surface area contributed by atoms with Crippen LogP contribution in [0.15, 0.2) is 42.5 Å². The normalized spacial score (nSPS) is 11.6. The van der Waals surface area contributed by atoms with E-state index in [2.05, 4.69) is 0 Å². The Morgan fingerprint density at radius 2 is 1.71 bits per heavy atom. The lowest BCUT2D eigenvalue weighted by Crippen LogP contribution is -2.09. The molecule has 112 valence electrons. The SMILES string of the molecule is Cc1ccccc1CS(=O)(=O)Cc1ccc(CN)cc1Cl. The quantitative estimate of drug-likeness (QED) is 0.919. The molecule has 0 heterocycles. The van der Waals surface area contributed by atoms with Crippen LogP contribution in [0.2, 0.25) is 5.02 Å². The lowest BCUT2D eigenvalue weighted by Gasteiger charge is -2.09. The van der Waals surface area contributed by atoms with Crippen molar-refractivity contribution < 1.29 is 8.42 Å². The molecule has 2 N–H and O–H groups in total. The summed E-state index contributed by atoms with van der Waals surface area (Å²) in [5, 5.41) is 0.450. The van der Waals surface area contributed by atoms with Gasteiger partial charge in [0.25, 0.3) is 0 Å². The Hall–Kier alpha value is -1.36. The molecule has 0 amide bonds. The first-order chi connectivity index (χ1) is 9.91. The van der Waals surface area contributed by atoms with Crippen molar-refractivity contribution in [3.8, 4) is 0 Å². The van der Waals surface area contributed by atoms with E-state index in [0.29, 0.717) is 17.1 Å². The standard InChI is InChI=1S/C16H18ClNO2S/c1-12-4-2-3-5-14(12)10-21(19,20)11-15-7-6-13(9-18)8-16(15)17/h2-8H,9-11,18H2,1H3. The van der Waals surface area contributed by atoms with Crippen molar-refractivity contribution in [2.75, 3.05) is 0 Å². The zero-order valence-electron chi connectivity index (χ0n) is 11.8. The molecule has 3 nitrogen and oxygen atoms in total. The largest absolute Gasteiger partial charge is 0.326 e. The minimum atomic E-state index is -3.27. The van der Waals surface area contributed by atoms with Crippen LogP contribution in [0.3, 0.4) is 0 Å². The van der Waals surface area contributed by atoms with Crippen molar-refractivity contribution >= 4 is 21.4 Å². The van der Waals surface area contributed by atoms with Crippen molar-refractivity contribution in [2.24, 2.45) is 5.73 Å². The minimum absolute atomic E-state index is 0.0225. The molecule has 0 saturated heterocycles. The number of hydrogen-bond acceptors (Lipinski definition) is 3. The minimum Gasteiger partial charge on any atom is -0.326 e. The molecular formula is C16H18ClNO2S. The Bertz CT molecular complexity index is 742. The summed E-state index contributed by atoms with van der Waals surface area (Å²) in [5.41, 5.74) is 8.84. The molecule has 2 rings (SSSR count). The van der Waals surface area contributed by atoms with Crippen LogP contribution in [0.5, 0.6) is 0 Å². The zero-order valence-corrected chi connectivity index (χ0v) is 13.4. The first-order valence-electron chi connectivity index (χ1n) is 6.63. The monoisotopic (exact) mass is 323 g/mol. The van der Waals surface area contributed by atoms with E-state index >= 15 is 0 Å². The van der Waals surface area contributed by atoms with E-state index < -0.39 is 9.84 Å². The summed E-state index contributed by atoms with van der Waals surface area (Å²) in [7, 11) is -3.27. The van der Waals surface area contributed by atoms with Crippen LogP contribution in [0.1, 0.15) is 22.3 Å². The summed E-state index contributed by atoms with van der Waals surface area (Å²) >= 11 is 6.13. The number of hydrogen-bond donors (Lipinski definition) is 1. The molecule has 0 unspecified atom stereocenters. The molecule has 2 aromatic carbocycles. The maximum absolute atomic E-state index is 12.3. The Morgan fingerprint density at radius 1 is 1.05 bits per heavy atom. The second-order valence-corrected chi connectivity index (χ2v) is 7.56. The highest BCUT2D eigenvalue weighted by Crippen LogP contribution is 2.22. The van der Waals surface area contributed by atoms with E-state index in [1.165, 1.54) is 0 Å². The van der Waals surface area contributed by atoms with Gasteiger partial charge in [0.2, 0.25) is 0 Å². The maximum atomic E-state index is 12.3. The van der Waals surface area contributed by atoms with Gasteiger partial charge in [-0.15, -0.1) is 0 Å². The number of rotatable bonds is 5. The predicted molar refractivity (Wildman–Crippen MR) is 86.9 cm³/mol. The molecule has 0 radical (unpaired) electrons. The fourth-order valence-electron chi connectivity index (χ4n) is 2.13. The Kier molecular flexibility index (Phi) is 5.04. The van der Waals surface area contributed by atoms with Crippen LogP contribution in [0.4, 0.5) is 0 Å². The lowest BCUT2D eigenvalue weighted by molar-refractivity contribution is 0.594. The molecule has 0 bridgehead atoms. The highest BCUT2D eigenvalue weighted by Gasteiger charge is 2.16. The van der Waals surface area contributed by atoms with Crippen molar-refractivity contribution in [1.82, 2.24) is 0 Å². The van der Waals surface area contributed by atoms with Gasteiger partial charge in [-0.2, -0.15) is 0 Å². The molecule has 0 fully saturated rings. The fourth-order valence-corrected chi connectivity index (χ4v) is 4.11. The molecule has 0 atom stereocenters. The van der Waals surface area contributed by atoms with Gasteiger partial charge in [-0.05, 0) is 35.2 Å². The number of benzene rings is 2. The van der Waals surface area contributed by atoms with Crippen molar-refractivity contribution in [3.63, 3.8) is 0 Å². The average Bonchev–Trinajstić information content (AvgIpc) is 2.43. The number of aryl methyl sites for hydroxylation is 1. The summed E-state index contributed by atoms with van der Waals surface area (Å²) < 4.78 is 24.7. The van der Waals surface area contributed by atoms with Gasteiger partial charge in [0.1, 0.15) is 0 Å². The average molecular weight is 324 g/mol. The Balaban J connectivity index is 2.20. The fraction of sp³-hybridized carbons (Fsp3) is 0.250. The van der Waals surface area contributed by atoms with Crippen molar-refractivity contribution in [1.29, 1.82) is 0 Å². The van der Waals surface area contributed by atoms with Crippen LogP contribution >= 0.6 is 11.6 Å². The molecule has 21 heavy (non-hydrogen) atoms. The third kappa shape index (κ3) is 4.30. The van der Waals surface area contributed by atoms with E-state index in [9.17, 15) is 8.42 Å². The maximum Gasteiger partial charge on any atom is 0.158 e. The van der Waals surface area contributed by atoms with E-state index in [1.807, 2.05) is 37.3 Å². The first-order valence-corrected chi connectivity index (χ1v) is 8.83. The number of nitrogens with two attached hydrogens (primary N) is 1. The molecule has 0 aromatic heterocycles. The molecule has 5 heteroatoms. The van der Waals surface area contributed by atoms with Gasteiger partial charge in [-0.3, -0.25) is 0 Å². The summed E-state index contributed by atoms with van der Waals surface area (Å²) in [4.78, 5) is 0. The van der Waals surface area contributed by atoms with E-state index in [-0.39, 0.29) is 11.5 Å². The molecule has 0 spiro atoms. The summed E-state index contributed by atoms with van der Waals surface area (Å²) in [5.74, 6) is -0.0420. The summed E-state index contributed by atoms with van der Waals surface area (Å²) in [6.07, 6.45) is 0. The van der Waals surface area contributed by atoms with Crippen LogP contribution in [-0.4, -0.2) is 8.42 Å².